The maximum atomic E-state index is 12.7. The summed E-state index contributed by atoms with van der Waals surface area (Å²) in [6.45, 7) is 6.01. The third-order valence-electron chi connectivity index (χ3n) is 4.70. The Morgan fingerprint density at radius 1 is 1.33 bits per heavy atom. The van der Waals surface area contributed by atoms with Crippen molar-refractivity contribution in [1.82, 2.24) is 4.90 Å². The molecule has 2 rings (SSSR count). The summed E-state index contributed by atoms with van der Waals surface area (Å²) in [5.41, 5.74) is 5.85. The zero-order chi connectivity index (χ0) is 13.1. The lowest BCUT2D eigenvalue weighted by Crippen LogP contribution is -2.52. The Labute approximate surface area is 115 Å². The van der Waals surface area contributed by atoms with Gasteiger partial charge in [0, 0.05) is 29.5 Å². The van der Waals surface area contributed by atoms with E-state index in [1.165, 1.54) is 12.8 Å². The maximum Gasteiger partial charge on any atom is 0.226 e. The largest absolute Gasteiger partial charge is 0.338 e. The number of carbonyl (C=O) groups excluding carboxylic acids is 1. The summed E-state index contributed by atoms with van der Waals surface area (Å²) >= 11 is 1.98. The van der Waals surface area contributed by atoms with E-state index in [4.69, 9.17) is 5.73 Å². The van der Waals surface area contributed by atoms with Crippen molar-refractivity contribution in [3.8, 4) is 0 Å². The molecule has 4 unspecified atom stereocenters. The van der Waals surface area contributed by atoms with Crippen molar-refractivity contribution in [2.75, 3.05) is 18.8 Å². The van der Waals surface area contributed by atoms with Crippen molar-refractivity contribution >= 4 is 17.7 Å². The molecule has 2 aliphatic rings. The van der Waals surface area contributed by atoms with Gasteiger partial charge in [-0.3, -0.25) is 4.79 Å². The van der Waals surface area contributed by atoms with Crippen molar-refractivity contribution in [1.29, 1.82) is 0 Å². The first-order valence-electron chi connectivity index (χ1n) is 7.27. The summed E-state index contributed by atoms with van der Waals surface area (Å²) in [5.74, 6) is 2.08. The molecule has 0 aromatic heterocycles. The number of nitrogens with two attached hydrogens (primary N) is 1. The van der Waals surface area contributed by atoms with E-state index in [2.05, 4.69) is 18.7 Å². The van der Waals surface area contributed by atoms with Gasteiger partial charge in [0.15, 0.2) is 0 Å². The van der Waals surface area contributed by atoms with Gasteiger partial charge >= 0.3 is 0 Å². The average molecular weight is 270 g/mol. The van der Waals surface area contributed by atoms with Gasteiger partial charge in [-0.1, -0.05) is 19.8 Å². The van der Waals surface area contributed by atoms with Crippen molar-refractivity contribution in [2.24, 2.45) is 17.6 Å². The summed E-state index contributed by atoms with van der Waals surface area (Å²) in [6.07, 6.45) is 4.62. The van der Waals surface area contributed by atoms with Crippen LogP contribution in [0, 0.1) is 11.8 Å². The smallest absolute Gasteiger partial charge is 0.226 e. The highest BCUT2D eigenvalue weighted by molar-refractivity contribution is 8.00. The van der Waals surface area contributed by atoms with Gasteiger partial charge in [0.05, 0.1) is 0 Å². The maximum absolute atomic E-state index is 12.7. The first-order valence-corrected chi connectivity index (χ1v) is 8.32. The molecule has 4 atom stereocenters. The van der Waals surface area contributed by atoms with Crippen LogP contribution in [0.15, 0.2) is 0 Å². The molecule has 2 N–H and O–H groups in total. The van der Waals surface area contributed by atoms with Crippen LogP contribution in [0.1, 0.15) is 39.5 Å². The Bertz CT molecular complexity index is 288. The molecule has 0 aromatic carbocycles. The summed E-state index contributed by atoms with van der Waals surface area (Å²) in [6, 6.07) is 0.372. The number of thioether (sulfide) groups is 1. The van der Waals surface area contributed by atoms with Crippen LogP contribution in [0.5, 0.6) is 0 Å². The molecule has 1 heterocycles. The highest BCUT2D eigenvalue weighted by Gasteiger charge is 2.37. The number of hydrogen-bond donors (Lipinski definition) is 1. The molecule has 0 radical (unpaired) electrons. The lowest BCUT2D eigenvalue weighted by molar-refractivity contribution is -0.140. The number of rotatable bonds is 2. The van der Waals surface area contributed by atoms with Gasteiger partial charge in [-0.15, -0.1) is 0 Å². The van der Waals surface area contributed by atoms with E-state index in [0.717, 1.165) is 25.1 Å². The molecule has 1 saturated heterocycles. The highest BCUT2D eigenvalue weighted by Crippen LogP contribution is 2.33. The zero-order valence-electron chi connectivity index (χ0n) is 11.6. The van der Waals surface area contributed by atoms with Gasteiger partial charge < -0.3 is 10.6 Å². The average Bonchev–Trinajstić information content (AvgIpc) is 2.41. The molecule has 0 spiro atoms. The number of nitrogens with zero attached hydrogens (tertiary/aromatic N) is 1. The monoisotopic (exact) mass is 270 g/mol. The quantitative estimate of drug-likeness (QED) is 0.836. The van der Waals surface area contributed by atoms with Crippen LogP contribution in [0.3, 0.4) is 0 Å². The van der Waals surface area contributed by atoms with E-state index in [9.17, 15) is 4.79 Å². The second-order valence-electron chi connectivity index (χ2n) is 5.73. The Morgan fingerprint density at radius 2 is 2.06 bits per heavy atom. The lowest BCUT2D eigenvalue weighted by Gasteiger charge is -2.41. The van der Waals surface area contributed by atoms with E-state index in [0.29, 0.717) is 29.7 Å². The fraction of sp³-hybridized carbons (Fsp3) is 0.929. The fourth-order valence-corrected chi connectivity index (χ4v) is 4.37. The van der Waals surface area contributed by atoms with Gasteiger partial charge in [-0.2, -0.15) is 11.8 Å². The molecular formula is C14H26N2OS. The normalized spacial score (nSPS) is 37.6. The molecule has 2 fully saturated rings. The third-order valence-corrected chi connectivity index (χ3v) is 6.03. The van der Waals surface area contributed by atoms with E-state index in [-0.39, 0.29) is 5.92 Å². The first kappa shape index (κ1) is 14.2. The fourth-order valence-electron chi connectivity index (χ4n) is 3.27. The van der Waals surface area contributed by atoms with E-state index >= 15 is 0 Å². The molecule has 1 aliphatic carbocycles. The molecular weight excluding hydrogens is 244 g/mol. The molecule has 104 valence electrons. The van der Waals surface area contributed by atoms with Crippen LogP contribution in [0.4, 0.5) is 0 Å². The van der Waals surface area contributed by atoms with Crippen molar-refractivity contribution in [3.63, 3.8) is 0 Å². The second kappa shape index (κ2) is 6.29. The topological polar surface area (TPSA) is 46.3 Å². The Morgan fingerprint density at radius 3 is 2.78 bits per heavy atom. The number of amides is 1. The predicted octanol–water partition coefficient (Wildman–Crippen LogP) is 2.10. The predicted molar refractivity (Wildman–Crippen MR) is 77.6 cm³/mol. The van der Waals surface area contributed by atoms with Crippen LogP contribution in [-0.2, 0) is 4.79 Å². The van der Waals surface area contributed by atoms with E-state index < -0.39 is 0 Å². The minimum absolute atomic E-state index is 0.196. The molecule has 1 amide bonds. The van der Waals surface area contributed by atoms with E-state index in [1.54, 1.807) is 0 Å². The van der Waals surface area contributed by atoms with Gasteiger partial charge in [0.25, 0.3) is 0 Å². The van der Waals surface area contributed by atoms with Crippen LogP contribution in [0.25, 0.3) is 0 Å². The van der Waals surface area contributed by atoms with Gasteiger partial charge in [0.2, 0.25) is 5.91 Å². The van der Waals surface area contributed by atoms with Crippen LogP contribution in [0.2, 0.25) is 0 Å². The first-order chi connectivity index (χ1) is 8.65. The standard InChI is InChI=1S/C14H26N2OS/c1-10-11(2)18-8-7-16(10)14(17)13-6-4-3-5-12(13)9-15/h10-13H,3-9,15H2,1-2H3. The second-order valence-corrected chi connectivity index (χ2v) is 7.22. The van der Waals surface area contributed by atoms with Crippen molar-refractivity contribution in [2.45, 2.75) is 50.8 Å². The van der Waals surface area contributed by atoms with E-state index in [1.807, 2.05) is 11.8 Å². The Hall–Kier alpha value is -0.220. The van der Waals surface area contributed by atoms with Crippen molar-refractivity contribution in [3.05, 3.63) is 0 Å². The molecule has 1 saturated carbocycles. The Kier molecular flexibility index (Phi) is 4.96. The van der Waals surface area contributed by atoms with Crippen molar-refractivity contribution < 1.29 is 4.79 Å². The van der Waals surface area contributed by atoms with Crippen LogP contribution in [-0.4, -0.2) is 40.9 Å². The SMILES string of the molecule is CC1SCCN(C(=O)C2CCCCC2CN)C1C. The minimum Gasteiger partial charge on any atom is -0.338 e. The lowest BCUT2D eigenvalue weighted by atomic mass is 9.78. The van der Waals surface area contributed by atoms with Crippen LogP contribution >= 0.6 is 11.8 Å². The number of hydrogen-bond acceptors (Lipinski definition) is 3. The van der Waals surface area contributed by atoms with Crippen LogP contribution < -0.4 is 5.73 Å². The molecule has 1 aliphatic heterocycles. The summed E-state index contributed by atoms with van der Waals surface area (Å²) in [5, 5.41) is 0.558. The molecule has 0 bridgehead atoms. The minimum atomic E-state index is 0.196. The molecule has 4 heteroatoms. The highest BCUT2D eigenvalue weighted by atomic mass is 32.2. The summed E-state index contributed by atoms with van der Waals surface area (Å²) < 4.78 is 0. The summed E-state index contributed by atoms with van der Waals surface area (Å²) in [4.78, 5) is 14.9. The van der Waals surface area contributed by atoms with Gasteiger partial charge in [-0.05, 0) is 32.2 Å². The molecule has 0 aromatic rings. The number of carbonyl (C=O) groups is 1. The zero-order valence-corrected chi connectivity index (χ0v) is 12.4. The summed E-state index contributed by atoms with van der Waals surface area (Å²) in [7, 11) is 0. The Balaban J connectivity index is 2.04. The van der Waals surface area contributed by atoms with Gasteiger partial charge in [0.1, 0.15) is 0 Å². The van der Waals surface area contributed by atoms with Gasteiger partial charge in [-0.25, -0.2) is 0 Å². The molecule has 18 heavy (non-hydrogen) atoms. The molecule has 3 nitrogen and oxygen atoms in total. The third kappa shape index (κ3) is 2.85.